The highest BCUT2D eigenvalue weighted by Gasteiger charge is 2.27. The van der Waals surface area contributed by atoms with Crippen molar-refractivity contribution in [1.82, 2.24) is 15.5 Å². The van der Waals surface area contributed by atoms with Gasteiger partial charge in [0.2, 0.25) is 5.91 Å². The molecule has 0 aromatic carbocycles. The number of amides is 1. The molecule has 2 fully saturated rings. The molecule has 2 N–H and O–H groups in total. The number of likely N-dealkylation sites (tertiary alicyclic amines) is 1. The Bertz CT molecular complexity index is 487. The second-order valence-electron chi connectivity index (χ2n) is 7.05. The molecule has 27 heavy (non-hydrogen) atoms. The lowest BCUT2D eigenvalue weighted by Crippen LogP contribution is -2.47. The first-order chi connectivity index (χ1) is 12.6. The van der Waals surface area contributed by atoms with Gasteiger partial charge in [-0.2, -0.15) is 0 Å². The monoisotopic (exact) mass is 494 g/mol. The fraction of sp³-hybridized carbons (Fsp3) is 0.842. The van der Waals surface area contributed by atoms with Crippen molar-refractivity contribution in [2.45, 2.75) is 64.8 Å². The summed E-state index contributed by atoms with van der Waals surface area (Å²) in [5.74, 6) is 0.838. The Morgan fingerprint density at radius 2 is 1.78 bits per heavy atom. The molecule has 0 radical (unpaired) electrons. The van der Waals surface area contributed by atoms with Crippen LogP contribution < -0.4 is 10.6 Å². The summed E-state index contributed by atoms with van der Waals surface area (Å²) < 4.78 is 5.12. The fourth-order valence-corrected chi connectivity index (χ4v) is 3.65. The third-order valence-corrected chi connectivity index (χ3v) is 5.07. The summed E-state index contributed by atoms with van der Waals surface area (Å²) in [5, 5.41) is 6.40. The predicted octanol–water partition coefficient (Wildman–Crippen LogP) is 2.29. The van der Waals surface area contributed by atoms with Gasteiger partial charge >= 0.3 is 5.97 Å². The van der Waals surface area contributed by atoms with E-state index in [0.29, 0.717) is 25.6 Å². The maximum Gasteiger partial charge on any atom is 0.309 e. The predicted molar refractivity (Wildman–Crippen MR) is 117 cm³/mol. The van der Waals surface area contributed by atoms with Crippen LogP contribution in [0.15, 0.2) is 4.99 Å². The highest BCUT2D eigenvalue weighted by Crippen LogP contribution is 2.19. The van der Waals surface area contributed by atoms with Crippen LogP contribution in [0.3, 0.4) is 0 Å². The molecule has 1 amide bonds. The van der Waals surface area contributed by atoms with Crippen molar-refractivity contribution in [3.05, 3.63) is 0 Å². The van der Waals surface area contributed by atoms with E-state index in [9.17, 15) is 9.59 Å². The summed E-state index contributed by atoms with van der Waals surface area (Å²) in [5.41, 5.74) is 0. The average Bonchev–Trinajstić information content (AvgIpc) is 3.14. The quantitative estimate of drug-likeness (QED) is 0.246. The van der Waals surface area contributed by atoms with Crippen LogP contribution in [0.2, 0.25) is 0 Å². The van der Waals surface area contributed by atoms with Gasteiger partial charge < -0.3 is 20.3 Å². The van der Waals surface area contributed by atoms with Crippen LogP contribution in [0, 0.1) is 5.92 Å². The maximum absolute atomic E-state index is 12.0. The lowest BCUT2D eigenvalue weighted by Gasteiger charge is -2.33. The Balaban J connectivity index is 0.00000364. The number of rotatable bonds is 7. The molecule has 0 atom stereocenters. The van der Waals surface area contributed by atoms with Crippen molar-refractivity contribution < 1.29 is 14.3 Å². The minimum atomic E-state index is -0.0855. The van der Waals surface area contributed by atoms with Gasteiger partial charge in [0.15, 0.2) is 5.96 Å². The number of halogens is 1. The van der Waals surface area contributed by atoms with Gasteiger partial charge in [-0.15, -0.1) is 24.0 Å². The number of guanidine groups is 1. The number of nitrogens with one attached hydrogen (secondary N) is 2. The molecule has 7 nitrogen and oxygen atoms in total. The van der Waals surface area contributed by atoms with Gasteiger partial charge in [0.05, 0.1) is 19.1 Å². The molecule has 1 saturated carbocycles. The molecule has 0 unspecified atom stereocenters. The van der Waals surface area contributed by atoms with Crippen LogP contribution in [-0.2, 0) is 14.3 Å². The Kier molecular flexibility index (Phi) is 11.7. The number of carbonyl (C=O) groups is 2. The molecule has 1 aliphatic carbocycles. The Hall–Kier alpha value is -1.06. The number of esters is 1. The van der Waals surface area contributed by atoms with Gasteiger partial charge in [-0.3, -0.25) is 14.6 Å². The number of piperidine rings is 1. The first kappa shape index (κ1) is 24.0. The van der Waals surface area contributed by atoms with E-state index < -0.39 is 0 Å². The van der Waals surface area contributed by atoms with E-state index in [-0.39, 0.29) is 41.8 Å². The topological polar surface area (TPSA) is 83.0 Å². The lowest BCUT2D eigenvalue weighted by atomic mass is 9.97. The summed E-state index contributed by atoms with van der Waals surface area (Å²) >= 11 is 0. The third-order valence-electron chi connectivity index (χ3n) is 5.07. The lowest BCUT2D eigenvalue weighted by molar-refractivity contribution is -0.149. The summed E-state index contributed by atoms with van der Waals surface area (Å²) in [6.07, 6.45) is 6.63. The third kappa shape index (κ3) is 8.23. The molecule has 8 heteroatoms. The molecular weight excluding hydrogens is 459 g/mol. The molecule has 1 heterocycles. The summed E-state index contributed by atoms with van der Waals surface area (Å²) in [7, 11) is 0. The number of hydrogen-bond donors (Lipinski definition) is 2. The largest absolute Gasteiger partial charge is 0.466 e. The van der Waals surface area contributed by atoms with Gasteiger partial charge in [0.25, 0.3) is 0 Å². The van der Waals surface area contributed by atoms with Crippen molar-refractivity contribution in [2.24, 2.45) is 10.9 Å². The van der Waals surface area contributed by atoms with Gasteiger partial charge in [0.1, 0.15) is 0 Å². The minimum Gasteiger partial charge on any atom is -0.466 e. The van der Waals surface area contributed by atoms with Crippen LogP contribution in [0.4, 0.5) is 0 Å². The molecule has 156 valence electrons. The number of hydrogen-bond acceptors (Lipinski definition) is 4. The molecular formula is C19H35IN4O3. The maximum atomic E-state index is 12.0. The smallest absolute Gasteiger partial charge is 0.309 e. The first-order valence-electron chi connectivity index (χ1n) is 10.1. The summed E-state index contributed by atoms with van der Waals surface area (Å²) in [4.78, 5) is 30.7. The number of nitrogens with zero attached hydrogens (tertiary/aromatic N) is 2. The average molecular weight is 494 g/mol. The van der Waals surface area contributed by atoms with Crippen LogP contribution in [0.25, 0.3) is 0 Å². The highest BCUT2D eigenvalue weighted by atomic mass is 127. The number of aliphatic imine (C=N–C) groups is 1. The summed E-state index contributed by atoms with van der Waals surface area (Å²) in [6, 6.07) is 0.363. The Morgan fingerprint density at radius 3 is 2.37 bits per heavy atom. The Morgan fingerprint density at radius 1 is 1.11 bits per heavy atom. The zero-order valence-corrected chi connectivity index (χ0v) is 19.0. The van der Waals surface area contributed by atoms with Gasteiger partial charge in [0, 0.05) is 32.1 Å². The standard InChI is InChI=1S/C19H34N4O3.HI/c1-3-20-19(21-12-9-17(24)22-16-7-5-6-8-16)23-13-10-15(11-14-23)18(25)26-4-2;/h15-16H,3-14H2,1-2H3,(H,20,21)(H,22,24);1H. The number of carbonyl (C=O) groups excluding carboxylic acids is 2. The highest BCUT2D eigenvalue weighted by molar-refractivity contribution is 14.0. The molecule has 2 rings (SSSR count). The van der Waals surface area contributed by atoms with E-state index in [1.165, 1.54) is 12.8 Å². The van der Waals surface area contributed by atoms with E-state index in [1.807, 2.05) is 13.8 Å². The van der Waals surface area contributed by atoms with Gasteiger partial charge in [-0.1, -0.05) is 12.8 Å². The van der Waals surface area contributed by atoms with Gasteiger partial charge in [-0.05, 0) is 39.5 Å². The van der Waals surface area contributed by atoms with E-state index in [0.717, 1.165) is 51.3 Å². The van der Waals surface area contributed by atoms with Crippen molar-refractivity contribution in [3.63, 3.8) is 0 Å². The molecule has 1 aliphatic heterocycles. The number of ether oxygens (including phenoxy) is 1. The molecule has 2 aliphatic rings. The van der Waals surface area contributed by atoms with E-state index >= 15 is 0 Å². The molecule has 0 bridgehead atoms. The normalized spacial score (nSPS) is 18.7. The molecule has 0 aromatic heterocycles. The molecule has 0 spiro atoms. The van der Waals surface area contributed by atoms with Crippen molar-refractivity contribution in [2.75, 3.05) is 32.8 Å². The van der Waals surface area contributed by atoms with Crippen molar-refractivity contribution in [1.29, 1.82) is 0 Å². The van der Waals surface area contributed by atoms with Crippen LogP contribution >= 0.6 is 24.0 Å². The van der Waals surface area contributed by atoms with Crippen molar-refractivity contribution >= 4 is 41.8 Å². The van der Waals surface area contributed by atoms with Crippen LogP contribution in [-0.4, -0.2) is 61.6 Å². The first-order valence-corrected chi connectivity index (χ1v) is 10.1. The second-order valence-corrected chi connectivity index (χ2v) is 7.05. The van der Waals surface area contributed by atoms with Crippen molar-refractivity contribution in [3.8, 4) is 0 Å². The van der Waals surface area contributed by atoms with Crippen LogP contribution in [0.1, 0.15) is 58.8 Å². The fourth-order valence-electron chi connectivity index (χ4n) is 3.65. The van der Waals surface area contributed by atoms with E-state index in [1.54, 1.807) is 0 Å². The molecule has 0 aromatic rings. The second kappa shape index (κ2) is 13.2. The zero-order chi connectivity index (χ0) is 18.8. The van der Waals surface area contributed by atoms with E-state index in [2.05, 4.69) is 20.5 Å². The minimum absolute atomic E-state index is 0. The van der Waals surface area contributed by atoms with E-state index in [4.69, 9.17) is 4.74 Å². The summed E-state index contributed by atoms with van der Waals surface area (Å²) in [6.45, 7) is 7.14. The van der Waals surface area contributed by atoms with Gasteiger partial charge in [-0.25, -0.2) is 0 Å². The zero-order valence-electron chi connectivity index (χ0n) is 16.7. The van der Waals surface area contributed by atoms with Crippen LogP contribution in [0.5, 0.6) is 0 Å². The molecule has 1 saturated heterocycles. The SMILES string of the molecule is CCNC(=NCCC(=O)NC1CCCC1)N1CCC(C(=O)OCC)CC1.I. The Labute approximate surface area is 180 Å².